The van der Waals surface area contributed by atoms with E-state index in [0.717, 1.165) is 12.1 Å². The highest BCUT2D eigenvalue weighted by atomic mass is 19.1. The van der Waals surface area contributed by atoms with Gasteiger partial charge in [0.15, 0.2) is 18.2 Å². The van der Waals surface area contributed by atoms with E-state index in [9.17, 15) is 18.8 Å². The number of hydrogen-bond acceptors (Lipinski definition) is 5. The fourth-order valence-electron chi connectivity index (χ4n) is 1.71. The Morgan fingerprint density at radius 1 is 1.13 bits per heavy atom. The predicted molar refractivity (Wildman–Crippen MR) is 77.3 cm³/mol. The summed E-state index contributed by atoms with van der Waals surface area (Å²) in [5.74, 6) is -1.81. The Morgan fingerprint density at radius 2 is 1.87 bits per heavy atom. The molecular formula is C16H14FNO5. The Labute approximate surface area is 131 Å². The zero-order valence-corrected chi connectivity index (χ0v) is 12.1. The van der Waals surface area contributed by atoms with Gasteiger partial charge >= 0.3 is 5.97 Å². The molecular weight excluding hydrogens is 305 g/mol. The lowest BCUT2D eigenvalue weighted by molar-refractivity contribution is -0.142. The maximum atomic E-state index is 12.7. The number of hydrogen-bond donors (Lipinski definition) is 1. The van der Waals surface area contributed by atoms with Gasteiger partial charge in [0.1, 0.15) is 5.82 Å². The maximum absolute atomic E-state index is 12.7. The van der Waals surface area contributed by atoms with Crippen molar-refractivity contribution in [3.8, 4) is 0 Å². The topological polar surface area (TPSA) is 85.6 Å². The minimum atomic E-state index is -0.625. The predicted octanol–water partition coefficient (Wildman–Crippen LogP) is 1.96. The highest BCUT2D eigenvalue weighted by Gasteiger charge is 2.12. The van der Waals surface area contributed by atoms with Crippen molar-refractivity contribution >= 4 is 17.7 Å². The third-order valence-corrected chi connectivity index (χ3v) is 2.89. The van der Waals surface area contributed by atoms with Crippen LogP contribution in [-0.4, -0.2) is 30.8 Å². The van der Waals surface area contributed by atoms with Crippen molar-refractivity contribution in [2.45, 2.75) is 6.42 Å². The van der Waals surface area contributed by atoms with E-state index in [1.54, 1.807) is 6.07 Å². The van der Waals surface area contributed by atoms with Crippen molar-refractivity contribution in [1.29, 1.82) is 0 Å². The summed E-state index contributed by atoms with van der Waals surface area (Å²) in [4.78, 5) is 34.7. The molecule has 0 aliphatic rings. The SMILES string of the molecule is O=C(CCNC(=O)c1ccco1)OCC(=O)c1ccc(F)cc1. The summed E-state index contributed by atoms with van der Waals surface area (Å²) in [6, 6.07) is 8.00. The van der Waals surface area contributed by atoms with Gasteiger partial charge in [0.2, 0.25) is 0 Å². The van der Waals surface area contributed by atoms with Gasteiger partial charge in [0, 0.05) is 12.1 Å². The third-order valence-electron chi connectivity index (χ3n) is 2.89. The van der Waals surface area contributed by atoms with Gasteiger partial charge in [-0.2, -0.15) is 0 Å². The number of carbonyl (C=O) groups is 3. The Kier molecular flexibility index (Phi) is 5.62. The molecule has 23 heavy (non-hydrogen) atoms. The molecule has 0 aliphatic carbocycles. The van der Waals surface area contributed by atoms with Crippen LogP contribution in [0.25, 0.3) is 0 Å². The maximum Gasteiger partial charge on any atom is 0.308 e. The van der Waals surface area contributed by atoms with Gasteiger partial charge in [0.05, 0.1) is 12.7 Å². The molecule has 1 N–H and O–H groups in total. The third kappa shape index (κ3) is 5.06. The molecule has 0 saturated carbocycles. The number of esters is 1. The summed E-state index contributed by atoms with van der Waals surface area (Å²) in [6.45, 7) is -0.375. The zero-order valence-electron chi connectivity index (χ0n) is 12.1. The van der Waals surface area contributed by atoms with Gasteiger partial charge in [-0.05, 0) is 36.4 Å². The minimum absolute atomic E-state index is 0.0586. The standard InChI is InChI=1S/C16H14FNO5/c17-12-5-3-11(4-6-12)13(19)10-23-15(20)7-8-18-16(21)14-2-1-9-22-14/h1-6,9H,7-8,10H2,(H,18,21). The van der Waals surface area contributed by atoms with Crippen LogP contribution in [0, 0.1) is 5.82 Å². The van der Waals surface area contributed by atoms with E-state index in [1.165, 1.54) is 24.5 Å². The summed E-state index contributed by atoms with van der Waals surface area (Å²) in [5, 5.41) is 2.48. The first kappa shape index (κ1) is 16.4. The normalized spacial score (nSPS) is 10.1. The second kappa shape index (κ2) is 7.88. The lowest BCUT2D eigenvalue weighted by Gasteiger charge is -2.05. The molecule has 0 saturated heterocycles. The molecule has 0 unspecified atom stereocenters. The summed E-state index contributed by atoms with van der Waals surface area (Å²) in [6.07, 6.45) is 1.29. The molecule has 2 aromatic rings. The van der Waals surface area contributed by atoms with Crippen molar-refractivity contribution in [2.24, 2.45) is 0 Å². The van der Waals surface area contributed by atoms with E-state index in [-0.39, 0.29) is 24.3 Å². The van der Waals surface area contributed by atoms with Crippen molar-refractivity contribution < 1.29 is 27.9 Å². The quantitative estimate of drug-likeness (QED) is 0.623. The number of ether oxygens (including phenoxy) is 1. The molecule has 120 valence electrons. The smallest absolute Gasteiger partial charge is 0.308 e. The highest BCUT2D eigenvalue weighted by molar-refractivity contribution is 5.98. The molecule has 2 rings (SSSR count). The molecule has 0 aliphatic heterocycles. The number of furan rings is 1. The lowest BCUT2D eigenvalue weighted by atomic mass is 10.1. The molecule has 0 fully saturated rings. The fourth-order valence-corrected chi connectivity index (χ4v) is 1.71. The number of benzene rings is 1. The molecule has 7 heteroatoms. The monoisotopic (exact) mass is 319 g/mol. The van der Waals surface area contributed by atoms with Gasteiger partial charge in [-0.25, -0.2) is 4.39 Å². The van der Waals surface area contributed by atoms with E-state index < -0.39 is 30.1 Å². The van der Waals surface area contributed by atoms with Crippen LogP contribution in [0.15, 0.2) is 47.1 Å². The van der Waals surface area contributed by atoms with Crippen LogP contribution in [0.4, 0.5) is 4.39 Å². The molecule has 0 atom stereocenters. The second-order valence-electron chi connectivity index (χ2n) is 4.57. The van der Waals surface area contributed by atoms with Crippen LogP contribution in [0.5, 0.6) is 0 Å². The number of rotatable bonds is 7. The Hall–Kier alpha value is -2.96. The van der Waals surface area contributed by atoms with Crippen LogP contribution in [0.2, 0.25) is 0 Å². The molecule has 0 spiro atoms. The van der Waals surface area contributed by atoms with E-state index in [0.29, 0.717) is 0 Å². The molecule has 6 nitrogen and oxygen atoms in total. The molecule has 1 aromatic heterocycles. The van der Waals surface area contributed by atoms with Crippen molar-refractivity contribution in [1.82, 2.24) is 5.32 Å². The second-order valence-corrected chi connectivity index (χ2v) is 4.57. The average molecular weight is 319 g/mol. The van der Waals surface area contributed by atoms with Crippen LogP contribution < -0.4 is 5.32 Å². The van der Waals surface area contributed by atoms with Crippen LogP contribution in [0.3, 0.4) is 0 Å². The Bertz CT molecular complexity index is 679. The largest absolute Gasteiger partial charge is 0.459 e. The van der Waals surface area contributed by atoms with Gasteiger partial charge < -0.3 is 14.5 Å². The Balaban J connectivity index is 1.68. The first-order valence-corrected chi connectivity index (χ1v) is 6.82. The van der Waals surface area contributed by atoms with Crippen molar-refractivity contribution in [3.63, 3.8) is 0 Å². The molecule has 1 amide bonds. The van der Waals surface area contributed by atoms with E-state index >= 15 is 0 Å². The molecule has 0 bridgehead atoms. The van der Waals surface area contributed by atoms with Crippen molar-refractivity contribution in [3.05, 3.63) is 59.8 Å². The number of amides is 1. The number of ketones is 1. The molecule has 0 radical (unpaired) electrons. The number of Topliss-reactive ketones (excluding diaryl/α,β-unsaturated/α-hetero) is 1. The fraction of sp³-hybridized carbons (Fsp3) is 0.188. The van der Waals surface area contributed by atoms with Gasteiger partial charge in [0.25, 0.3) is 5.91 Å². The summed E-state index contributed by atoms with van der Waals surface area (Å²) >= 11 is 0. The van der Waals surface area contributed by atoms with Gasteiger partial charge in [-0.15, -0.1) is 0 Å². The first-order valence-electron chi connectivity index (χ1n) is 6.82. The summed E-state index contributed by atoms with van der Waals surface area (Å²) < 4.78 is 22.4. The van der Waals surface area contributed by atoms with Crippen molar-refractivity contribution in [2.75, 3.05) is 13.2 Å². The highest BCUT2D eigenvalue weighted by Crippen LogP contribution is 2.04. The van der Waals surface area contributed by atoms with Crippen LogP contribution in [0.1, 0.15) is 27.3 Å². The number of nitrogens with one attached hydrogen (secondary N) is 1. The Morgan fingerprint density at radius 3 is 2.52 bits per heavy atom. The number of halogens is 1. The summed E-state index contributed by atoms with van der Waals surface area (Å²) in [5.41, 5.74) is 0.255. The summed E-state index contributed by atoms with van der Waals surface area (Å²) in [7, 11) is 0. The molecule has 1 aromatic carbocycles. The van der Waals surface area contributed by atoms with E-state index in [1.807, 2.05) is 0 Å². The molecule has 1 heterocycles. The zero-order chi connectivity index (χ0) is 16.7. The van der Waals surface area contributed by atoms with Gasteiger partial charge in [-0.1, -0.05) is 0 Å². The van der Waals surface area contributed by atoms with Crippen LogP contribution in [-0.2, 0) is 9.53 Å². The minimum Gasteiger partial charge on any atom is -0.459 e. The lowest BCUT2D eigenvalue weighted by Crippen LogP contribution is -2.26. The van der Waals surface area contributed by atoms with E-state index in [4.69, 9.17) is 9.15 Å². The van der Waals surface area contributed by atoms with E-state index in [2.05, 4.69) is 5.32 Å². The average Bonchev–Trinajstić information content (AvgIpc) is 3.07. The number of carbonyl (C=O) groups excluding carboxylic acids is 3. The van der Waals surface area contributed by atoms with Crippen LogP contribution >= 0.6 is 0 Å². The van der Waals surface area contributed by atoms with Gasteiger partial charge in [-0.3, -0.25) is 14.4 Å². The first-order chi connectivity index (χ1) is 11.1.